The zero-order valence-corrected chi connectivity index (χ0v) is 14.6. The van der Waals surface area contributed by atoms with Crippen LogP contribution in [0.15, 0.2) is 53.3 Å². The number of imidazole rings is 1. The second-order valence-corrected chi connectivity index (χ2v) is 5.88. The van der Waals surface area contributed by atoms with Gasteiger partial charge in [0.25, 0.3) is 5.91 Å². The van der Waals surface area contributed by atoms with Gasteiger partial charge in [-0.25, -0.2) is 23.7 Å². The average molecular weight is 379 g/mol. The number of methoxy groups -OCH3 is 1. The zero-order chi connectivity index (χ0) is 19.8. The number of ether oxygens (including phenoxy) is 1. The van der Waals surface area contributed by atoms with Crippen LogP contribution in [0, 0.1) is 5.82 Å². The van der Waals surface area contributed by atoms with Crippen LogP contribution in [0.1, 0.15) is 10.5 Å². The Labute approximate surface area is 157 Å². The van der Waals surface area contributed by atoms with Gasteiger partial charge in [0.05, 0.1) is 18.4 Å². The summed E-state index contributed by atoms with van der Waals surface area (Å²) in [5, 5.41) is 0. The van der Waals surface area contributed by atoms with Crippen LogP contribution in [0.2, 0.25) is 0 Å². The van der Waals surface area contributed by atoms with Crippen molar-refractivity contribution < 1.29 is 13.9 Å². The molecule has 0 unspecified atom stereocenters. The molecule has 4 aromatic rings. The number of aromatic amines is 1. The number of primary amides is 1. The average Bonchev–Trinajstić information content (AvgIpc) is 3.02. The molecule has 0 saturated heterocycles. The normalized spacial score (nSPS) is 10.9. The molecule has 3 N–H and O–H groups in total. The number of nitrogens with one attached hydrogen (secondary N) is 1. The summed E-state index contributed by atoms with van der Waals surface area (Å²) in [6, 6.07) is 12.6. The van der Waals surface area contributed by atoms with E-state index in [4.69, 9.17) is 10.5 Å². The van der Waals surface area contributed by atoms with Crippen molar-refractivity contribution in [3.63, 3.8) is 0 Å². The number of para-hydroxylation sites is 2. The first-order valence-electron chi connectivity index (χ1n) is 8.22. The summed E-state index contributed by atoms with van der Waals surface area (Å²) < 4.78 is 20.8. The van der Waals surface area contributed by atoms with Gasteiger partial charge in [-0.05, 0) is 24.3 Å². The summed E-state index contributed by atoms with van der Waals surface area (Å²) in [6.45, 7) is 0. The summed E-state index contributed by atoms with van der Waals surface area (Å²) in [7, 11) is 1.47. The number of fused-ring (bicyclic) bond motifs is 1. The van der Waals surface area contributed by atoms with Crippen LogP contribution in [-0.2, 0) is 0 Å². The highest BCUT2D eigenvalue weighted by molar-refractivity contribution is 6.02. The molecule has 0 aliphatic rings. The van der Waals surface area contributed by atoms with Gasteiger partial charge in [-0.15, -0.1) is 0 Å². The minimum absolute atomic E-state index is 0.0588. The maximum atomic E-state index is 14.3. The molecule has 0 fully saturated rings. The van der Waals surface area contributed by atoms with Gasteiger partial charge >= 0.3 is 5.69 Å². The molecule has 0 atom stereocenters. The molecule has 0 saturated carbocycles. The van der Waals surface area contributed by atoms with E-state index >= 15 is 0 Å². The van der Waals surface area contributed by atoms with E-state index in [1.54, 1.807) is 30.3 Å². The van der Waals surface area contributed by atoms with Crippen LogP contribution in [-0.4, -0.2) is 32.5 Å². The fraction of sp³-hybridized carbons (Fsp3) is 0.0526. The highest BCUT2D eigenvalue weighted by Gasteiger charge is 2.22. The molecule has 8 nitrogen and oxygen atoms in total. The van der Waals surface area contributed by atoms with Gasteiger partial charge in [0.15, 0.2) is 17.2 Å². The lowest BCUT2D eigenvalue weighted by molar-refractivity contribution is 0.0997. The van der Waals surface area contributed by atoms with Crippen LogP contribution in [0.3, 0.4) is 0 Å². The monoisotopic (exact) mass is 379 g/mol. The van der Waals surface area contributed by atoms with E-state index in [9.17, 15) is 14.0 Å². The predicted octanol–water partition coefficient (Wildman–Crippen LogP) is 2.02. The summed E-state index contributed by atoms with van der Waals surface area (Å²) in [4.78, 5) is 35.6. The summed E-state index contributed by atoms with van der Waals surface area (Å²) in [5.41, 5.74) is 5.27. The topological polar surface area (TPSA) is 116 Å². The van der Waals surface area contributed by atoms with Crippen molar-refractivity contribution in [2.24, 2.45) is 5.73 Å². The molecule has 0 radical (unpaired) electrons. The van der Waals surface area contributed by atoms with Gasteiger partial charge in [-0.3, -0.25) is 4.79 Å². The van der Waals surface area contributed by atoms with Gasteiger partial charge in [-0.2, -0.15) is 0 Å². The maximum absolute atomic E-state index is 14.3. The Morgan fingerprint density at radius 1 is 1.14 bits per heavy atom. The summed E-state index contributed by atoms with van der Waals surface area (Å²) in [5.74, 6) is -1.10. The lowest BCUT2D eigenvalue weighted by Gasteiger charge is -2.10. The lowest BCUT2D eigenvalue weighted by atomic mass is 10.2. The van der Waals surface area contributed by atoms with E-state index in [0.29, 0.717) is 11.4 Å². The quantitative estimate of drug-likeness (QED) is 0.563. The van der Waals surface area contributed by atoms with Crippen molar-refractivity contribution in [3.05, 3.63) is 70.5 Å². The second kappa shape index (κ2) is 6.62. The zero-order valence-electron chi connectivity index (χ0n) is 14.6. The molecular weight excluding hydrogens is 365 g/mol. The van der Waals surface area contributed by atoms with Crippen LogP contribution in [0.25, 0.3) is 28.2 Å². The number of H-pyrrole nitrogens is 1. The molecule has 4 rings (SSSR count). The summed E-state index contributed by atoms with van der Waals surface area (Å²) in [6.07, 6.45) is 0. The second-order valence-electron chi connectivity index (χ2n) is 5.88. The first kappa shape index (κ1) is 17.4. The van der Waals surface area contributed by atoms with Gasteiger partial charge in [-0.1, -0.05) is 24.3 Å². The number of rotatable bonds is 4. The van der Waals surface area contributed by atoms with E-state index in [-0.39, 0.29) is 28.2 Å². The SMILES string of the molecule is COc1ccccc1-n1c(=O)[nH]c2c(C(N)=O)nc(-c3ccccc3F)nc21. The molecule has 140 valence electrons. The largest absolute Gasteiger partial charge is 0.495 e. The Hall–Kier alpha value is -4.01. The molecule has 1 amide bonds. The number of carbonyl (C=O) groups excluding carboxylic acids is 1. The third-order valence-corrected chi connectivity index (χ3v) is 4.21. The third-order valence-electron chi connectivity index (χ3n) is 4.21. The third kappa shape index (κ3) is 2.69. The number of aromatic nitrogens is 4. The molecule has 9 heteroatoms. The molecular formula is C19H14FN5O3. The minimum atomic E-state index is -0.876. The Morgan fingerprint density at radius 2 is 1.86 bits per heavy atom. The van der Waals surface area contributed by atoms with Gasteiger partial charge in [0.2, 0.25) is 0 Å². The fourth-order valence-corrected chi connectivity index (χ4v) is 2.96. The fourth-order valence-electron chi connectivity index (χ4n) is 2.96. The number of hydrogen-bond donors (Lipinski definition) is 2. The van der Waals surface area contributed by atoms with Crippen molar-refractivity contribution in [1.82, 2.24) is 19.5 Å². The van der Waals surface area contributed by atoms with E-state index in [2.05, 4.69) is 15.0 Å². The highest BCUT2D eigenvalue weighted by atomic mass is 19.1. The Kier molecular flexibility index (Phi) is 4.11. The van der Waals surface area contributed by atoms with E-state index in [1.807, 2.05) is 0 Å². The Balaban J connectivity index is 2.11. The molecule has 0 bridgehead atoms. The molecule has 0 aliphatic carbocycles. The van der Waals surface area contributed by atoms with Gasteiger partial charge in [0, 0.05) is 0 Å². The van der Waals surface area contributed by atoms with Crippen molar-refractivity contribution in [2.75, 3.05) is 7.11 Å². The smallest absolute Gasteiger partial charge is 0.332 e. The number of benzene rings is 2. The van der Waals surface area contributed by atoms with Crippen molar-refractivity contribution in [3.8, 4) is 22.8 Å². The molecule has 0 aliphatic heterocycles. The number of carbonyl (C=O) groups is 1. The van der Waals surface area contributed by atoms with E-state index < -0.39 is 17.4 Å². The molecule has 2 heterocycles. The predicted molar refractivity (Wildman–Crippen MR) is 99.9 cm³/mol. The Morgan fingerprint density at radius 3 is 2.57 bits per heavy atom. The van der Waals surface area contributed by atoms with Crippen molar-refractivity contribution in [2.45, 2.75) is 0 Å². The summed E-state index contributed by atoms with van der Waals surface area (Å²) >= 11 is 0. The first-order chi connectivity index (χ1) is 13.5. The number of amides is 1. The molecule has 2 aromatic heterocycles. The van der Waals surface area contributed by atoms with Crippen LogP contribution in [0.5, 0.6) is 5.75 Å². The van der Waals surface area contributed by atoms with Crippen LogP contribution in [0.4, 0.5) is 4.39 Å². The van der Waals surface area contributed by atoms with Gasteiger partial charge < -0.3 is 15.5 Å². The molecule has 2 aromatic carbocycles. The van der Waals surface area contributed by atoms with E-state index in [0.717, 1.165) is 0 Å². The molecule has 28 heavy (non-hydrogen) atoms. The van der Waals surface area contributed by atoms with E-state index in [1.165, 1.54) is 29.9 Å². The first-order valence-corrected chi connectivity index (χ1v) is 8.22. The van der Waals surface area contributed by atoms with Crippen molar-refractivity contribution in [1.29, 1.82) is 0 Å². The van der Waals surface area contributed by atoms with Crippen LogP contribution >= 0.6 is 0 Å². The minimum Gasteiger partial charge on any atom is -0.495 e. The Bertz CT molecular complexity index is 1280. The lowest BCUT2D eigenvalue weighted by Crippen LogP contribution is -2.16. The van der Waals surface area contributed by atoms with Crippen LogP contribution < -0.4 is 16.2 Å². The number of nitrogens with zero attached hydrogens (tertiary/aromatic N) is 3. The maximum Gasteiger partial charge on any atom is 0.332 e. The number of nitrogens with two attached hydrogens (primary N) is 1. The highest BCUT2D eigenvalue weighted by Crippen LogP contribution is 2.27. The van der Waals surface area contributed by atoms with Gasteiger partial charge in [0.1, 0.15) is 17.1 Å². The number of hydrogen-bond acceptors (Lipinski definition) is 5. The van der Waals surface area contributed by atoms with Crippen molar-refractivity contribution >= 4 is 17.1 Å². The number of halogens is 1. The standard InChI is InChI=1S/C19H14FN5O3/c1-28-13-9-5-4-8-12(13)25-18-15(23-19(25)27)14(16(21)26)22-17(24-18)10-6-2-3-7-11(10)20/h2-9H,1H3,(H2,21,26)(H,23,27). The molecule has 0 spiro atoms.